The van der Waals surface area contributed by atoms with Gasteiger partial charge in [-0.25, -0.2) is 4.79 Å². The number of amides is 1. The van der Waals surface area contributed by atoms with Gasteiger partial charge < -0.3 is 15.5 Å². The van der Waals surface area contributed by atoms with Crippen molar-refractivity contribution in [2.45, 2.75) is 116 Å². The molecule has 0 radical (unpaired) electrons. The Morgan fingerprint density at radius 2 is 1.14 bits per heavy atom. The second kappa shape index (κ2) is 18.3. The van der Waals surface area contributed by atoms with Crippen molar-refractivity contribution in [3.05, 3.63) is 24.5 Å². The molecule has 0 rings (SSSR count). The topological polar surface area (TPSA) is 86.6 Å². The van der Waals surface area contributed by atoms with Gasteiger partial charge in [-0.15, -0.1) is 6.58 Å². The van der Waals surface area contributed by atoms with E-state index < -0.39 is 12.0 Å². The van der Waals surface area contributed by atoms with Crippen LogP contribution in [-0.4, -0.2) is 28.1 Å². The molecule has 0 heterocycles. The van der Waals surface area contributed by atoms with E-state index in [0.29, 0.717) is 6.42 Å². The quantitative estimate of drug-likeness (QED) is 0.123. The number of hydrogen-bond acceptors (Lipinski definition) is 3. The Morgan fingerprint density at radius 1 is 0.724 bits per heavy atom. The number of carboxylic acid groups (broad SMARTS) is 1. The molecule has 0 aliphatic rings. The highest BCUT2D eigenvalue weighted by Gasteiger charge is 2.19. The van der Waals surface area contributed by atoms with Gasteiger partial charge in [0.2, 0.25) is 5.91 Å². The van der Waals surface area contributed by atoms with Gasteiger partial charge >= 0.3 is 5.97 Å². The number of rotatable bonds is 20. The van der Waals surface area contributed by atoms with Crippen molar-refractivity contribution in [2.24, 2.45) is 0 Å². The summed E-state index contributed by atoms with van der Waals surface area (Å²) in [5.41, 5.74) is 1.29. The molecule has 0 aliphatic heterocycles. The molecule has 1 unspecified atom stereocenters. The van der Waals surface area contributed by atoms with Gasteiger partial charge in [0.15, 0.2) is 0 Å². The maximum atomic E-state index is 11.9. The van der Waals surface area contributed by atoms with Crippen molar-refractivity contribution < 1.29 is 19.8 Å². The molecule has 0 bridgehead atoms. The van der Waals surface area contributed by atoms with Gasteiger partial charge in [-0.2, -0.15) is 0 Å². The van der Waals surface area contributed by atoms with Crippen molar-refractivity contribution in [1.82, 2.24) is 5.32 Å². The fourth-order valence-electron chi connectivity index (χ4n) is 3.31. The molecule has 168 valence electrons. The molecule has 29 heavy (non-hydrogen) atoms. The van der Waals surface area contributed by atoms with Crippen LogP contribution in [-0.2, 0) is 9.59 Å². The molecule has 1 atom stereocenters. The predicted octanol–water partition coefficient (Wildman–Crippen LogP) is 6.45. The molecule has 0 aromatic rings. The Morgan fingerprint density at radius 3 is 1.52 bits per heavy atom. The summed E-state index contributed by atoms with van der Waals surface area (Å²) >= 11 is 0. The summed E-state index contributed by atoms with van der Waals surface area (Å²) in [7, 11) is 0. The van der Waals surface area contributed by atoms with Crippen LogP contribution in [0.4, 0.5) is 0 Å². The molecule has 0 aromatic carbocycles. The Kier molecular flexibility index (Phi) is 17.1. The lowest BCUT2D eigenvalue weighted by atomic mass is 10.0. The van der Waals surface area contributed by atoms with E-state index >= 15 is 0 Å². The van der Waals surface area contributed by atoms with Crippen molar-refractivity contribution in [2.75, 3.05) is 0 Å². The highest BCUT2D eigenvalue weighted by Crippen LogP contribution is 2.14. The Hall–Kier alpha value is -1.78. The smallest absolute Gasteiger partial charge is 0.326 e. The van der Waals surface area contributed by atoms with Gasteiger partial charge in [-0.05, 0) is 32.6 Å². The van der Waals surface area contributed by atoms with E-state index in [4.69, 9.17) is 10.2 Å². The van der Waals surface area contributed by atoms with E-state index in [0.717, 1.165) is 19.3 Å². The third-order valence-electron chi connectivity index (χ3n) is 5.11. The lowest BCUT2D eigenvalue weighted by Crippen LogP contribution is -2.40. The van der Waals surface area contributed by atoms with Gasteiger partial charge in [-0.3, -0.25) is 4.79 Å². The minimum Gasteiger partial charge on any atom is -0.513 e. The van der Waals surface area contributed by atoms with Crippen molar-refractivity contribution in [1.29, 1.82) is 0 Å². The van der Waals surface area contributed by atoms with Crippen LogP contribution in [0.3, 0.4) is 0 Å². The van der Waals surface area contributed by atoms with Crippen LogP contribution in [0.15, 0.2) is 24.5 Å². The Labute approximate surface area is 177 Å². The molecule has 0 saturated carbocycles. The van der Waals surface area contributed by atoms with Crippen LogP contribution < -0.4 is 5.32 Å². The summed E-state index contributed by atoms with van der Waals surface area (Å²) in [6.45, 7) is 9.37. The summed E-state index contributed by atoms with van der Waals surface area (Å²) in [4.78, 5) is 23.0. The van der Waals surface area contributed by atoms with Gasteiger partial charge in [-0.1, -0.05) is 76.4 Å². The number of hydrogen-bond donors (Lipinski definition) is 3. The number of allylic oxidation sites excluding steroid dienone is 2. The van der Waals surface area contributed by atoms with Gasteiger partial charge in [0.05, 0.1) is 5.76 Å². The summed E-state index contributed by atoms with van der Waals surface area (Å²) in [5, 5.41) is 20.7. The zero-order chi connectivity index (χ0) is 21.9. The molecule has 0 aliphatic carbocycles. The molecular formula is C24H43NO4. The van der Waals surface area contributed by atoms with Crippen molar-refractivity contribution >= 4 is 11.9 Å². The SMILES string of the molecule is C=C(C)CCCCCCCCCCCCCCC(=O)NC(CCC(=C)O)C(=O)O. The monoisotopic (exact) mass is 409 g/mol. The first-order valence-corrected chi connectivity index (χ1v) is 11.4. The molecule has 0 aromatic heterocycles. The van der Waals surface area contributed by atoms with E-state index in [2.05, 4.69) is 25.4 Å². The first kappa shape index (κ1) is 27.2. The molecule has 5 heteroatoms. The normalized spacial score (nSPS) is 11.8. The number of aliphatic hydroxyl groups is 1. The van der Waals surface area contributed by atoms with Gasteiger partial charge in [0.25, 0.3) is 0 Å². The Bertz CT molecular complexity index is 487. The van der Waals surface area contributed by atoms with Crippen molar-refractivity contribution in [3.8, 4) is 0 Å². The van der Waals surface area contributed by atoms with E-state index in [-0.39, 0.29) is 24.5 Å². The van der Waals surface area contributed by atoms with Gasteiger partial charge in [0.1, 0.15) is 6.04 Å². The third kappa shape index (κ3) is 19.3. The Balaban J connectivity index is 3.48. The van der Waals surface area contributed by atoms with Crippen LogP contribution >= 0.6 is 0 Å². The van der Waals surface area contributed by atoms with E-state index in [1.807, 2.05) is 0 Å². The van der Waals surface area contributed by atoms with Crippen molar-refractivity contribution in [3.63, 3.8) is 0 Å². The molecule has 0 saturated heterocycles. The summed E-state index contributed by atoms with van der Waals surface area (Å²) in [6, 6.07) is -0.961. The summed E-state index contributed by atoms with van der Waals surface area (Å²) in [5.74, 6) is -1.38. The number of nitrogens with one attached hydrogen (secondary N) is 1. The standard InChI is InChI=1S/C24H43NO4/c1-20(2)16-14-12-10-8-6-4-5-7-9-11-13-15-17-23(27)25-22(24(28)29)19-18-21(3)26/h22,26H,1,3-19H2,2H3,(H,25,27)(H,28,29). The number of aliphatic hydroxyl groups excluding tert-OH is 1. The second-order valence-corrected chi connectivity index (χ2v) is 8.26. The highest BCUT2D eigenvalue weighted by atomic mass is 16.4. The average Bonchev–Trinajstić information content (AvgIpc) is 2.64. The number of carbonyl (C=O) groups is 2. The highest BCUT2D eigenvalue weighted by molar-refractivity contribution is 5.83. The number of unbranched alkanes of at least 4 members (excludes halogenated alkanes) is 11. The van der Waals surface area contributed by atoms with Crippen LogP contribution in [0, 0.1) is 0 Å². The molecule has 0 spiro atoms. The van der Waals surface area contributed by atoms with Crippen LogP contribution in [0.1, 0.15) is 110 Å². The number of carbonyl (C=O) groups excluding carboxylic acids is 1. The molecule has 1 amide bonds. The third-order valence-corrected chi connectivity index (χ3v) is 5.11. The number of aliphatic carboxylic acids is 1. The fraction of sp³-hybridized carbons (Fsp3) is 0.750. The largest absolute Gasteiger partial charge is 0.513 e. The maximum Gasteiger partial charge on any atom is 0.326 e. The summed E-state index contributed by atoms with van der Waals surface area (Å²) in [6.07, 6.45) is 16.5. The first-order chi connectivity index (χ1) is 13.8. The van der Waals surface area contributed by atoms with E-state index in [1.165, 1.54) is 69.8 Å². The average molecular weight is 410 g/mol. The van der Waals surface area contributed by atoms with Gasteiger partial charge in [0, 0.05) is 12.8 Å². The van der Waals surface area contributed by atoms with E-state index in [9.17, 15) is 9.59 Å². The zero-order valence-corrected chi connectivity index (χ0v) is 18.5. The van der Waals surface area contributed by atoms with Crippen LogP contribution in [0.5, 0.6) is 0 Å². The zero-order valence-electron chi connectivity index (χ0n) is 18.5. The maximum absolute atomic E-state index is 11.9. The molecule has 3 N–H and O–H groups in total. The lowest BCUT2D eigenvalue weighted by Gasteiger charge is -2.14. The minimum atomic E-state index is -1.08. The summed E-state index contributed by atoms with van der Waals surface area (Å²) < 4.78 is 0. The fourth-order valence-corrected chi connectivity index (χ4v) is 3.31. The molecular weight excluding hydrogens is 366 g/mol. The second-order valence-electron chi connectivity index (χ2n) is 8.26. The van der Waals surface area contributed by atoms with Crippen LogP contribution in [0.25, 0.3) is 0 Å². The minimum absolute atomic E-state index is 0.0657. The van der Waals surface area contributed by atoms with Crippen LogP contribution in [0.2, 0.25) is 0 Å². The predicted molar refractivity (Wildman–Crippen MR) is 120 cm³/mol. The first-order valence-electron chi connectivity index (χ1n) is 11.4. The van der Waals surface area contributed by atoms with E-state index in [1.54, 1.807) is 0 Å². The molecule has 5 nitrogen and oxygen atoms in total. The molecule has 0 fully saturated rings. The number of carboxylic acids is 1. The lowest BCUT2D eigenvalue weighted by molar-refractivity contribution is -0.142.